The van der Waals surface area contributed by atoms with Crippen molar-refractivity contribution in [2.24, 2.45) is 0 Å². The van der Waals surface area contributed by atoms with Crippen molar-refractivity contribution in [2.45, 2.75) is 12.5 Å². The highest BCUT2D eigenvalue weighted by Gasteiger charge is 2.09. The second-order valence-electron chi connectivity index (χ2n) is 2.96. The molecule has 0 aliphatic rings. The van der Waals surface area contributed by atoms with Crippen molar-refractivity contribution in [2.75, 3.05) is 6.61 Å². The number of aliphatic hydroxyl groups is 2. The van der Waals surface area contributed by atoms with Crippen molar-refractivity contribution in [3.8, 4) is 0 Å². The molecule has 1 unspecified atom stereocenters. The Labute approximate surface area is 81.4 Å². The molecule has 0 spiro atoms. The largest absolute Gasteiger partial charge is 0.478 e. The Morgan fingerprint density at radius 3 is 2.71 bits per heavy atom. The van der Waals surface area contributed by atoms with Crippen LogP contribution in [0.5, 0.6) is 0 Å². The summed E-state index contributed by atoms with van der Waals surface area (Å²) in [5.41, 5.74) is 0.651. The van der Waals surface area contributed by atoms with Crippen molar-refractivity contribution in [1.29, 1.82) is 0 Å². The quantitative estimate of drug-likeness (QED) is 0.665. The molecule has 0 aliphatic heterocycles. The fourth-order valence-corrected chi connectivity index (χ4v) is 1.17. The second-order valence-corrected chi connectivity index (χ2v) is 2.96. The zero-order valence-electron chi connectivity index (χ0n) is 7.55. The van der Waals surface area contributed by atoms with Crippen molar-refractivity contribution < 1.29 is 20.1 Å². The molecule has 1 aromatic rings. The van der Waals surface area contributed by atoms with Crippen LogP contribution in [0.2, 0.25) is 0 Å². The predicted octanol–water partition coefficient (Wildman–Crippen LogP) is 0.801. The maximum atomic E-state index is 10.6. The van der Waals surface area contributed by atoms with Crippen molar-refractivity contribution in [1.82, 2.24) is 0 Å². The van der Waals surface area contributed by atoms with E-state index in [4.69, 9.17) is 10.2 Å². The molecule has 0 saturated heterocycles. The van der Waals surface area contributed by atoms with Gasteiger partial charge in [-0.15, -0.1) is 0 Å². The first-order chi connectivity index (χ1) is 6.65. The minimum Gasteiger partial charge on any atom is -0.478 e. The summed E-state index contributed by atoms with van der Waals surface area (Å²) in [7, 11) is 0. The van der Waals surface area contributed by atoms with Gasteiger partial charge in [0, 0.05) is 13.0 Å². The number of carbonyl (C=O) groups is 1. The first-order valence-corrected chi connectivity index (χ1v) is 4.27. The van der Waals surface area contributed by atoms with Gasteiger partial charge in [0.1, 0.15) is 0 Å². The number of benzene rings is 1. The zero-order valence-corrected chi connectivity index (χ0v) is 7.55. The van der Waals surface area contributed by atoms with Gasteiger partial charge in [0.15, 0.2) is 0 Å². The SMILES string of the molecule is O=C(O)c1cccc(C(O)CCO)c1. The average molecular weight is 196 g/mol. The van der Waals surface area contributed by atoms with E-state index in [-0.39, 0.29) is 18.6 Å². The summed E-state index contributed by atoms with van der Waals surface area (Å²) in [4.78, 5) is 10.6. The lowest BCUT2D eigenvalue weighted by molar-refractivity contribution is 0.0696. The monoisotopic (exact) mass is 196 g/mol. The Morgan fingerprint density at radius 2 is 2.14 bits per heavy atom. The molecule has 0 amide bonds. The van der Waals surface area contributed by atoms with Gasteiger partial charge in [0.25, 0.3) is 0 Å². The van der Waals surface area contributed by atoms with Crippen LogP contribution >= 0.6 is 0 Å². The molecule has 0 aromatic heterocycles. The summed E-state index contributed by atoms with van der Waals surface area (Å²) in [5.74, 6) is -1.02. The molecule has 76 valence electrons. The second kappa shape index (κ2) is 4.74. The fourth-order valence-electron chi connectivity index (χ4n) is 1.17. The van der Waals surface area contributed by atoms with Gasteiger partial charge in [0.2, 0.25) is 0 Å². The molecule has 1 atom stereocenters. The molecule has 14 heavy (non-hydrogen) atoms. The summed E-state index contributed by atoms with van der Waals surface area (Å²) in [6.45, 7) is -0.127. The normalized spacial score (nSPS) is 12.4. The Bertz CT molecular complexity index is 322. The summed E-state index contributed by atoms with van der Waals surface area (Å²) in [6.07, 6.45) is -0.595. The van der Waals surface area contributed by atoms with Gasteiger partial charge in [-0.05, 0) is 17.7 Å². The van der Waals surface area contributed by atoms with Gasteiger partial charge in [-0.25, -0.2) is 4.79 Å². The van der Waals surface area contributed by atoms with E-state index >= 15 is 0 Å². The minimum absolute atomic E-state index is 0.127. The van der Waals surface area contributed by atoms with Crippen LogP contribution in [0.1, 0.15) is 28.4 Å². The first kappa shape index (κ1) is 10.7. The van der Waals surface area contributed by atoms with Gasteiger partial charge >= 0.3 is 5.97 Å². The lowest BCUT2D eigenvalue weighted by atomic mass is 10.0. The molecule has 0 bridgehead atoms. The number of carboxylic acids is 1. The molecule has 0 fully saturated rings. The fraction of sp³-hybridized carbons (Fsp3) is 0.300. The standard InChI is InChI=1S/C10H12O4/c11-5-4-9(12)7-2-1-3-8(6-7)10(13)14/h1-3,6,9,11-12H,4-5H2,(H,13,14). The number of aromatic carboxylic acids is 1. The van der Waals surface area contributed by atoms with Crippen molar-refractivity contribution in [3.05, 3.63) is 35.4 Å². The maximum absolute atomic E-state index is 10.6. The first-order valence-electron chi connectivity index (χ1n) is 4.27. The Balaban J connectivity index is 2.87. The summed E-state index contributed by atoms with van der Waals surface area (Å²) in [5, 5.41) is 26.8. The lowest BCUT2D eigenvalue weighted by Gasteiger charge is -2.09. The number of carboxylic acid groups (broad SMARTS) is 1. The Morgan fingerprint density at radius 1 is 1.43 bits per heavy atom. The van der Waals surface area contributed by atoms with Crippen LogP contribution in [0, 0.1) is 0 Å². The van der Waals surface area contributed by atoms with Crippen molar-refractivity contribution >= 4 is 5.97 Å². The van der Waals surface area contributed by atoms with E-state index in [2.05, 4.69) is 0 Å². The highest BCUT2D eigenvalue weighted by Crippen LogP contribution is 2.17. The van der Waals surface area contributed by atoms with Gasteiger partial charge in [-0.2, -0.15) is 0 Å². The topological polar surface area (TPSA) is 77.8 Å². The van der Waals surface area contributed by atoms with Gasteiger partial charge in [0.05, 0.1) is 11.7 Å². The average Bonchev–Trinajstić information content (AvgIpc) is 2.18. The molecule has 1 rings (SSSR count). The highest BCUT2D eigenvalue weighted by atomic mass is 16.4. The summed E-state index contributed by atoms with van der Waals surface area (Å²) < 4.78 is 0. The highest BCUT2D eigenvalue weighted by molar-refractivity contribution is 5.87. The van der Waals surface area contributed by atoms with E-state index < -0.39 is 12.1 Å². The number of aliphatic hydroxyl groups excluding tert-OH is 2. The summed E-state index contributed by atoms with van der Waals surface area (Å²) in [6, 6.07) is 6.06. The molecule has 0 saturated carbocycles. The van der Waals surface area contributed by atoms with E-state index in [1.807, 2.05) is 0 Å². The van der Waals surface area contributed by atoms with Crippen LogP contribution in [0.15, 0.2) is 24.3 Å². The molecule has 4 heteroatoms. The molecule has 4 nitrogen and oxygen atoms in total. The molecule has 0 heterocycles. The smallest absolute Gasteiger partial charge is 0.335 e. The van der Waals surface area contributed by atoms with Crippen LogP contribution < -0.4 is 0 Å². The zero-order chi connectivity index (χ0) is 10.6. The molecule has 0 aliphatic carbocycles. The van der Waals surface area contributed by atoms with Crippen LogP contribution in [0.3, 0.4) is 0 Å². The Hall–Kier alpha value is -1.39. The lowest BCUT2D eigenvalue weighted by Crippen LogP contribution is -2.03. The molecule has 0 radical (unpaired) electrons. The van der Waals surface area contributed by atoms with Gasteiger partial charge in [-0.1, -0.05) is 12.1 Å². The molecule has 3 N–H and O–H groups in total. The van der Waals surface area contributed by atoms with E-state index in [0.29, 0.717) is 5.56 Å². The van der Waals surface area contributed by atoms with E-state index in [1.165, 1.54) is 12.1 Å². The third-order valence-corrected chi connectivity index (χ3v) is 1.92. The van der Waals surface area contributed by atoms with Crippen LogP contribution in [-0.2, 0) is 0 Å². The number of rotatable bonds is 4. The van der Waals surface area contributed by atoms with E-state index in [0.717, 1.165) is 0 Å². The van der Waals surface area contributed by atoms with Crippen LogP contribution in [-0.4, -0.2) is 27.9 Å². The van der Waals surface area contributed by atoms with Gasteiger partial charge in [-0.3, -0.25) is 0 Å². The van der Waals surface area contributed by atoms with Gasteiger partial charge < -0.3 is 15.3 Å². The maximum Gasteiger partial charge on any atom is 0.335 e. The minimum atomic E-state index is -1.02. The number of hydrogen-bond acceptors (Lipinski definition) is 3. The third kappa shape index (κ3) is 2.55. The van der Waals surface area contributed by atoms with Crippen molar-refractivity contribution in [3.63, 3.8) is 0 Å². The van der Waals surface area contributed by atoms with E-state index in [9.17, 15) is 9.90 Å². The predicted molar refractivity (Wildman–Crippen MR) is 50.1 cm³/mol. The van der Waals surface area contributed by atoms with E-state index in [1.54, 1.807) is 12.1 Å². The van der Waals surface area contributed by atoms with Crippen LogP contribution in [0.4, 0.5) is 0 Å². The van der Waals surface area contributed by atoms with Crippen LogP contribution in [0.25, 0.3) is 0 Å². The molecule has 1 aromatic carbocycles. The Kier molecular flexibility index (Phi) is 3.62. The number of hydrogen-bond donors (Lipinski definition) is 3. The molecular formula is C10H12O4. The summed E-state index contributed by atoms with van der Waals surface area (Å²) >= 11 is 0. The molecular weight excluding hydrogens is 184 g/mol. The third-order valence-electron chi connectivity index (χ3n) is 1.92.